The topological polar surface area (TPSA) is 0 Å². The molecule has 0 heteroatoms. The lowest BCUT2D eigenvalue weighted by molar-refractivity contribution is 0.214. The Bertz CT molecular complexity index is 235. The van der Waals surface area contributed by atoms with Crippen LogP contribution in [-0.4, -0.2) is 0 Å². The van der Waals surface area contributed by atoms with E-state index >= 15 is 0 Å². The van der Waals surface area contributed by atoms with Crippen LogP contribution >= 0.6 is 0 Å². The highest BCUT2D eigenvalue weighted by Crippen LogP contribution is 2.61. The second-order valence-corrected chi connectivity index (χ2v) is 4.17. The summed E-state index contributed by atoms with van der Waals surface area (Å²) in [6.07, 6.45) is 5.19. The molecule has 0 unspecified atom stereocenters. The van der Waals surface area contributed by atoms with E-state index in [1.807, 2.05) is 0 Å². The van der Waals surface area contributed by atoms with E-state index in [4.69, 9.17) is 0 Å². The van der Waals surface area contributed by atoms with Crippen LogP contribution in [0.4, 0.5) is 0 Å². The van der Waals surface area contributed by atoms with Crippen LogP contribution in [0.25, 0.3) is 0 Å². The Balaban J connectivity index is 2.17. The fourth-order valence-electron chi connectivity index (χ4n) is 2.99. The molecule has 0 atom stereocenters. The summed E-state index contributed by atoms with van der Waals surface area (Å²) in [5.74, 6) is 0. The van der Waals surface area contributed by atoms with Gasteiger partial charge in [0.25, 0.3) is 0 Å². The van der Waals surface area contributed by atoms with Crippen molar-refractivity contribution in [2.45, 2.75) is 39.5 Å². The van der Waals surface area contributed by atoms with E-state index in [1.54, 1.807) is 11.1 Å². The average molecular weight is 148 g/mol. The van der Waals surface area contributed by atoms with Gasteiger partial charge in [0.1, 0.15) is 0 Å². The lowest BCUT2D eigenvalue weighted by Crippen LogP contribution is -2.40. The molecule has 1 spiro atoms. The van der Waals surface area contributed by atoms with Gasteiger partial charge in [0.15, 0.2) is 0 Å². The van der Waals surface area contributed by atoms with Crippen molar-refractivity contribution in [1.82, 2.24) is 0 Å². The second-order valence-electron chi connectivity index (χ2n) is 4.17. The van der Waals surface area contributed by atoms with Crippen LogP contribution in [0.1, 0.15) is 39.5 Å². The number of hydrogen-bond acceptors (Lipinski definition) is 0. The number of hydrogen-bond donors (Lipinski definition) is 0. The van der Waals surface area contributed by atoms with Gasteiger partial charge >= 0.3 is 0 Å². The summed E-state index contributed by atoms with van der Waals surface area (Å²) in [6.45, 7) is 8.57. The quantitative estimate of drug-likeness (QED) is 0.499. The third-order valence-corrected chi connectivity index (χ3v) is 3.29. The minimum atomic E-state index is 0.635. The molecule has 1 saturated carbocycles. The van der Waals surface area contributed by atoms with Gasteiger partial charge in [-0.2, -0.15) is 0 Å². The maximum Gasteiger partial charge on any atom is 0.00254 e. The van der Waals surface area contributed by atoms with Crippen molar-refractivity contribution in [3.05, 3.63) is 23.3 Å². The van der Waals surface area contributed by atoms with Crippen molar-refractivity contribution in [3.8, 4) is 0 Å². The van der Waals surface area contributed by atoms with Crippen molar-refractivity contribution < 1.29 is 0 Å². The van der Waals surface area contributed by atoms with Crippen LogP contribution in [0, 0.1) is 5.41 Å². The van der Waals surface area contributed by atoms with Crippen molar-refractivity contribution in [2.24, 2.45) is 5.41 Å². The van der Waals surface area contributed by atoms with Gasteiger partial charge in [-0.1, -0.05) is 30.2 Å². The molecule has 0 aliphatic heterocycles. The molecule has 0 amide bonds. The summed E-state index contributed by atoms with van der Waals surface area (Å²) in [5, 5.41) is 0. The SMILES string of the molecule is C=C1CC2(C1)CC(C)=C2CC. The minimum Gasteiger partial charge on any atom is -0.0998 e. The van der Waals surface area contributed by atoms with E-state index in [-0.39, 0.29) is 0 Å². The molecule has 0 saturated heterocycles. The average Bonchev–Trinajstić information content (AvgIpc) is 1.84. The molecule has 0 aromatic rings. The summed E-state index contributed by atoms with van der Waals surface area (Å²) in [7, 11) is 0. The van der Waals surface area contributed by atoms with Crippen LogP contribution in [0.2, 0.25) is 0 Å². The molecule has 0 aromatic heterocycles. The van der Waals surface area contributed by atoms with Gasteiger partial charge in [0, 0.05) is 5.41 Å². The van der Waals surface area contributed by atoms with Gasteiger partial charge in [0.05, 0.1) is 0 Å². The van der Waals surface area contributed by atoms with Crippen molar-refractivity contribution in [1.29, 1.82) is 0 Å². The summed E-state index contributed by atoms with van der Waals surface area (Å²) in [4.78, 5) is 0. The zero-order chi connectivity index (χ0) is 8.06. The predicted octanol–water partition coefficient (Wildman–Crippen LogP) is 3.45. The zero-order valence-electron chi connectivity index (χ0n) is 7.54. The van der Waals surface area contributed by atoms with E-state index in [1.165, 1.54) is 31.3 Å². The van der Waals surface area contributed by atoms with Crippen molar-refractivity contribution in [3.63, 3.8) is 0 Å². The smallest absolute Gasteiger partial charge is 0.00254 e. The molecule has 1 fully saturated rings. The van der Waals surface area contributed by atoms with Gasteiger partial charge in [-0.15, -0.1) is 0 Å². The third-order valence-electron chi connectivity index (χ3n) is 3.29. The van der Waals surface area contributed by atoms with E-state index in [0.717, 1.165) is 0 Å². The normalized spacial score (nSPS) is 26.9. The standard InChI is InChI=1S/C11H16/c1-4-10-9(3)7-11(10)5-8(2)6-11/h2,4-7H2,1,3H3. The van der Waals surface area contributed by atoms with Crippen LogP contribution in [0.5, 0.6) is 0 Å². The molecule has 0 aromatic carbocycles. The lowest BCUT2D eigenvalue weighted by Gasteiger charge is -2.53. The first-order valence-corrected chi connectivity index (χ1v) is 4.54. The van der Waals surface area contributed by atoms with Crippen LogP contribution < -0.4 is 0 Å². The fraction of sp³-hybridized carbons (Fsp3) is 0.636. The molecule has 2 aliphatic carbocycles. The largest absolute Gasteiger partial charge is 0.0998 e. The van der Waals surface area contributed by atoms with Crippen LogP contribution in [0.15, 0.2) is 23.3 Å². The fourth-order valence-corrected chi connectivity index (χ4v) is 2.99. The Labute approximate surface area is 69.0 Å². The first-order valence-electron chi connectivity index (χ1n) is 4.54. The Hall–Kier alpha value is -0.520. The molecule has 0 heterocycles. The Morgan fingerprint density at radius 3 is 2.36 bits per heavy atom. The minimum absolute atomic E-state index is 0.635. The Morgan fingerprint density at radius 2 is 2.00 bits per heavy atom. The van der Waals surface area contributed by atoms with Crippen molar-refractivity contribution >= 4 is 0 Å². The zero-order valence-corrected chi connectivity index (χ0v) is 7.54. The highest BCUT2D eigenvalue weighted by molar-refractivity contribution is 5.41. The Kier molecular flexibility index (Phi) is 1.30. The van der Waals surface area contributed by atoms with E-state index in [0.29, 0.717) is 5.41 Å². The summed E-state index contributed by atoms with van der Waals surface area (Å²) >= 11 is 0. The molecule has 0 nitrogen and oxygen atoms in total. The summed E-state index contributed by atoms with van der Waals surface area (Å²) in [5.41, 5.74) is 5.49. The van der Waals surface area contributed by atoms with E-state index < -0.39 is 0 Å². The van der Waals surface area contributed by atoms with Crippen LogP contribution in [0.3, 0.4) is 0 Å². The molecule has 60 valence electrons. The maximum absolute atomic E-state index is 4.01. The Morgan fingerprint density at radius 1 is 1.36 bits per heavy atom. The van der Waals surface area contributed by atoms with Gasteiger partial charge in [0.2, 0.25) is 0 Å². The summed E-state index contributed by atoms with van der Waals surface area (Å²) < 4.78 is 0. The van der Waals surface area contributed by atoms with Gasteiger partial charge < -0.3 is 0 Å². The molecule has 0 bridgehead atoms. The van der Waals surface area contributed by atoms with Crippen molar-refractivity contribution in [2.75, 3.05) is 0 Å². The number of rotatable bonds is 1. The molecular formula is C11H16. The van der Waals surface area contributed by atoms with E-state index in [2.05, 4.69) is 20.4 Å². The maximum atomic E-state index is 4.01. The molecule has 2 rings (SSSR count). The molecular weight excluding hydrogens is 132 g/mol. The molecule has 0 N–H and O–H groups in total. The van der Waals surface area contributed by atoms with Crippen LogP contribution in [-0.2, 0) is 0 Å². The highest BCUT2D eigenvalue weighted by Gasteiger charge is 2.48. The first kappa shape index (κ1) is 7.15. The van der Waals surface area contributed by atoms with E-state index in [9.17, 15) is 0 Å². The molecule has 0 radical (unpaired) electrons. The van der Waals surface area contributed by atoms with Gasteiger partial charge in [-0.25, -0.2) is 0 Å². The first-order chi connectivity index (χ1) is 5.18. The highest BCUT2D eigenvalue weighted by atomic mass is 14.5. The summed E-state index contributed by atoms with van der Waals surface area (Å²) in [6, 6.07) is 0. The number of allylic oxidation sites excluding steroid dienone is 3. The predicted molar refractivity (Wildman–Crippen MR) is 48.4 cm³/mol. The second kappa shape index (κ2) is 2.00. The van der Waals surface area contributed by atoms with Gasteiger partial charge in [-0.3, -0.25) is 0 Å². The van der Waals surface area contributed by atoms with Gasteiger partial charge in [-0.05, 0) is 32.6 Å². The molecule has 11 heavy (non-hydrogen) atoms. The molecule has 2 aliphatic rings. The third kappa shape index (κ3) is 0.756. The lowest BCUT2D eigenvalue weighted by atomic mass is 9.51. The monoisotopic (exact) mass is 148 g/mol.